The first-order valence-electron chi connectivity index (χ1n) is 9.57. The summed E-state index contributed by atoms with van der Waals surface area (Å²) in [6.07, 6.45) is 2.26. The summed E-state index contributed by atoms with van der Waals surface area (Å²) in [5.41, 5.74) is 1.24. The Bertz CT molecular complexity index is 756. The summed E-state index contributed by atoms with van der Waals surface area (Å²) in [4.78, 5) is 38.8. The number of carbonyl (C=O) groups excluding carboxylic acids is 3. The molecule has 1 aromatic rings. The summed E-state index contributed by atoms with van der Waals surface area (Å²) >= 11 is 0. The third-order valence-electron chi connectivity index (χ3n) is 5.54. The molecule has 0 radical (unpaired) electrons. The van der Waals surface area contributed by atoms with E-state index in [0.717, 1.165) is 22.4 Å². The summed E-state index contributed by atoms with van der Waals surface area (Å²) in [6.45, 7) is 8.49. The number of urea groups is 1. The van der Waals surface area contributed by atoms with E-state index in [1.54, 1.807) is 0 Å². The van der Waals surface area contributed by atoms with Crippen molar-refractivity contribution >= 4 is 17.8 Å². The number of nitrogens with zero attached hydrogens (tertiary/aromatic N) is 1. The summed E-state index contributed by atoms with van der Waals surface area (Å²) in [6, 6.07) is 7.40. The summed E-state index contributed by atoms with van der Waals surface area (Å²) < 4.78 is 0. The van der Waals surface area contributed by atoms with Crippen molar-refractivity contribution in [2.24, 2.45) is 11.3 Å². The first kappa shape index (κ1) is 19.4. The number of imide groups is 1. The van der Waals surface area contributed by atoms with Gasteiger partial charge in [0.15, 0.2) is 0 Å². The average Bonchev–Trinajstić information content (AvgIpc) is 2.76. The van der Waals surface area contributed by atoms with Crippen molar-refractivity contribution in [2.45, 2.75) is 59.0 Å². The Morgan fingerprint density at radius 3 is 2.52 bits per heavy atom. The molecule has 6 heteroatoms. The van der Waals surface area contributed by atoms with Crippen LogP contribution in [0, 0.1) is 18.3 Å². The quantitative estimate of drug-likeness (QED) is 0.799. The molecule has 1 heterocycles. The van der Waals surface area contributed by atoms with E-state index in [4.69, 9.17) is 0 Å². The fourth-order valence-electron chi connectivity index (χ4n) is 4.76. The molecule has 2 fully saturated rings. The molecule has 1 aromatic carbocycles. The third kappa shape index (κ3) is 4.15. The van der Waals surface area contributed by atoms with Gasteiger partial charge in [0.25, 0.3) is 5.91 Å². The lowest BCUT2D eigenvalue weighted by molar-refractivity contribution is -0.137. The van der Waals surface area contributed by atoms with Crippen molar-refractivity contribution in [3.05, 3.63) is 35.4 Å². The molecule has 1 aliphatic carbocycles. The van der Waals surface area contributed by atoms with Crippen LogP contribution in [0.5, 0.6) is 0 Å². The van der Waals surface area contributed by atoms with Crippen molar-refractivity contribution in [1.29, 1.82) is 0 Å². The Morgan fingerprint density at radius 2 is 1.89 bits per heavy atom. The molecule has 1 saturated carbocycles. The number of benzene rings is 1. The molecule has 2 aliphatic rings. The van der Waals surface area contributed by atoms with Crippen LogP contribution in [0.2, 0.25) is 0 Å². The Morgan fingerprint density at radius 1 is 1.22 bits per heavy atom. The number of carbonyl (C=O) groups is 3. The normalized spacial score (nSPS) is 27.0. The minimum absolute atomic E-state index is 0.0235. The van der Waals surface area contributed by atoms with Gasteiger partial charge in [0, 0.05) is 6.54 Å². The smallest absolute Gasteiger partial charge is 0.325 e. The van der Waals surface area contributed by atoms with Crippen molar-refractivity contribution in [2.75, 3.05) is 6.54 Å². The second-order valence-electron chi connectivity index (χ2n) is 9.02. The summed E-state index contributed by atoms with van der Waals surface area (Å²) in [5.74, 6) is -0.259. The van der Waals surface area contributed by atoms with E-state index in [9.17, 15) is 14.4 Å². The first-order chi connectivity index (χ1) is 12.6. The maximum absolute atomic E-state index is 13.0. The zero-order chi connectivity index (χ0) is 19.8. The van der Waals surface area contributed by atoms with Gasteiger partial charge in [0.2, 0.25) is 5.91 Å². The minimum Gasteiger partial charge on any atom is -0.350 e. The molecular formula is C21H29N3O3. The molecule has 0 bridgehead atoms. The van der Waals surface area contributed by atoms with Crippen molar-refractivity contribution < 1.29 is 14.4 Å². The highest BCUT2D eigenvalue weighted by atomic mass is 16.2. The van der Waals surface area contributed by atoms with E-state index in [1.807, 2.05) is 31.2 Å². The van der Waals surface area contributed by atoms with Crippen LogP contribution in [0.3, 0.4) is 0 Å². The van der Waals surface area contributed by atoms with Gasteiger partial charge in [-0.05, 0) is 43.1 Å². The molecule has 2 N–H and O–H groups in total. The van der Waals surface area contributed by atoms with Gasteiger partial charge in [0.05, 0.1) is 0 Å². The molecule has 1 saturated heterocycles. The van der Waals surface area contributed by atoms with Gasteiger partial charge in [-0.3, -0.25) is 14.5 Å². The zero-order valence-corrected chi connectivity index (χ0v) is 16.6. The molecule has 0 unspecified atom stereocenters. The van der Waals surface area contributed by atoms with Gasteiger partial charge in [-0.1, -0.05) is 50.6 Å². The molecule has 146 valence electrons. The van der Waals surface area contributed by atoms with E-state index < -0.39 is 11.6 Å². The van der Waals surface area contributed by atoms with Crippen molar-refractivity contribution in [1.82, 2.24) is 15.5 Å². The van der Waals surface area contributed by atoms with E-state index in [1.165, 1.54) is 0 Å². The molecule has 27 heavy (non-hydrogen) atoms. The molecule has 1 aliphatic heterocycles. The van der Waals surface area contributed by atoms with Crippen LogP contribution in [0.1, 0.15) is 51.2 Å². The number of amides is 4. The van der Waals surface area contributed by atoms with Crippen LogP contribution in [-0.4, -0.2) is 34.8 Å². The molecule has 0 aromatic heterocycles. The number of rotatable bonds is 4. The zero-order valence-electron chi connectivity index (χ0n) is 16.6. The highest BCUT2D eigenvalue weighted by molar-refractivity contribution is 6.09. The number of nitrogens with one attached hydrogen (secondary N) is 2. The lowest BCUT2D eigenvalue weighted by atomic mass is 9.64. The Balaban J connectivity index is 1.63. The molecular weight excluding hydrogens is 342 g/mol. The van der Waals surface area contributed by atoms with E-state index in [-0.39, 0.29) is 23.8 Å². The average molecular weight is 371 g/mol. The van der Waals surface area contributed by atoms with Crippen molar-refractivity contribution in [3.63, 3.8) is 0 Å². The summed E-state index contributed by atoms with van der Waals surface area (Å²) in [5, 5.41) is 5.69. The van der Waals surface area contributed by atoms with Crippen molar-refractivity contribution in [3.8, 4) is 0 Å². The van der Waals surface area contributed by atoms with Gasteiger partial charge in [-0.2, -0.15) is 0 Å². The maximum Gasteiger partial charge on any atom is 0.325 e. The van der Waals surface area contributed by atoms with Crippen LogP contribution in [0.25, 0.3) is 0 Å². The molecule has 2 atom stereocenters. The van der Waals surface area contributed by atoms with Crippen LogP contribution >= 0.6 is 0 Å². The van der Waals surface area contributed by atoms with E-state index >= 15 is 0 Å². The summed E-state index contributed by atoms with van der Waals surface area (Å²) in [7, 11) is 0. The van der Waals surface area contributed by atoms with E-state index in [0.29, 0.717) is 25.3 Å². The van der Waals surface area contributed by atoms with Crippen LogP contribution in [0.4, 0.5) is 4.79 Å². The Labute approximate surface area is 160 Å². The predicted octanol–water partition coefficient (Wildman–Crippen LogP) is 2.75. The topological polar surface area (TPSA) is 78.5 Å². The fourth-order valence-corrected chi connectivity index (χ4v) is 4.76. The molecule has 4 amide bonds. The van der Waals surface area contributed by atoms with Gasteiger partial charge in [-0.15, -0.1) is 0 Å². The molecule has 6 nitrogen and oxygen atoms in total. The SMILES string of the molecule is Cc1ccc(CNC(=O)CN2C(=O)N[C@]3(C[C@@H](C)CC(C)(C)C3)C2=O)cc1. The Hall–Kier alpha value is -2.37. The predicted molar refractivity (Wildman–Crippen MR) is 103 cm³/mol. The maximum atomic E-state index is 13.0. The van der Waals surface area contributed by atoms with E-state index in [2.05, 4.69) is 31.4 Å². The lowest BCUT2D eigenvalue weighted by Crippen LogP contribution is -2.54. The van der Waals surface area contributed by atoms with Gasteiger partial charge in [-0.25, -0.2) is 4.79 Å². The number of aryl methyl sites for hydroxylation is 1. The monoisotopic (exact) mass is 371 g/mol. The van der Waals surface area contributed by atoms with Crippen LogP contribution in [0.15, 0.2) is 24.3 Å². The highest BCUT2D eigenvalue weighted by Crippen LogP contribution is 2.46. The fraction of sp³-hybridized carbons (Fsp3) is 0.571. The molecule has 1 spiro atoms. The number of hydrogen-bond donors (Lipinski definition) is 2. The lowest BCUT2D eigenvalue weighted by Gasteiger charge is -2.43. The van der Waals surface area contributed by atoms with Crippen LogP contribution < -0.4 is 10.6 Å². The third-order valence-corrected chi connectivity index (χ3v) is 5.54. The minimum atomic E-state index is -0.866. The standard InChI is InChI=1S/C21H29N3O3/c1-14-5-7-16(8-6-14)11-22-17(25)12-24-18(26)21(23-19(24)27)10-15(2)9-20(3,4)13-21/h5-8,15H,9-13H2,1-4H3,(H,22,25)(H,23,27)/t15-,21-/m0/s1. The Kier molecular flexibility index (Phi) is 5.02. The second-order valence-corrected chi connectivity index (χ2v) is 9.02. The first-order valence-corrected chi connectivity index (χ1v) is 9.57. The van der Waals surface area contributed by atoms with Gasteiger partial charge < -0.3 is 10.6 Å². The van der Waals surface area contributed by atoms with Crippen LogP contribution in [-0.2, 0) is 16.1 Å². The number of hydrogen-bond acceptors (Lipinski definition) is 3. The van der Waals surface area contributed by atoms with Gasteiger partial charge >= 0.3 is 6.03 Å². The largest absolute Gasteiger partial charge is 0.350 e. The second kappa shape index (κ2) is 6.98. The van der Waals surface area contributed by atoms with Gasteiger partial charge in [0.1, 0.15) is 12.1 Å². The molecule has 3 rings (SSSR count). The highest BCUT2D eigenvalue weighted by Gasteiger charge is 2.56.